The molecule has 0 spiro atoms. The van der Waals surface area contributed by atoms with Crippen molar-refractivity contribution < 1.29 is 24.1 Å². The first-order valence-electron chi connectivity index (χ1n) is 6.26. The summed E-state index contributed by atoms with van der Waals surface area (Å²) in [4.78, 5) is 11.2. The van der Waals surface area contributed by atoms with Gasteiger partial charge in [-0.2, -0.15) is 0 Å². The molecule has 0 aromatic heterocycles. The number of benzene rings is 1. The van der Waals surface area contributed by atoms with E-state index in [1.165, 1.54) is 0 Å². The van der Waals surface area contributed by atoms with Gasteiger partial charge in [-0.05, 0) is 12.1 Å². The number of ether oxygens (including phenoxy) is 3. The van der Waals surface area contributed by atoms with Crippen molar-refractivity contribution in [1.82, 2.24) is 0 Å². The van der Waals surface area contributed by atoms with Crippen molar-refractivity contribution in [2.24, 2.45) is 0 Å². The van der Waals surface area contributed by atoms with Gasteiger partial charge in [0.05, 0.1) is 26.4 Å². The molecular weight excluding hydrogens is 248 g/mol. The molecule has 0 radical (unpaired) electrons. The number of aliphatic hydroxyl groups is 1. The lowest BCUT2D eigenvalue weighted by Gasteiger charge is -2.23. The van der Waals surface area contributed by atoms with Crippen LogP contribution in [0.2, 0.25) is 0 Å². The third-order valence-electron chi connectivity index (χ3n) is 3.03. The van der Waals surface area contributed by atoms with Crippen molar-refractivity contribution in [1.29, 1.82) is 0 Å². The highest BCUT2D eigenvalue weighted by Crippen LogP contribution is 2.20. The molecule has 19 heavy (non-hydrogen) atoms. The molecule has 1 aliphatic rings. The Morgan fingerprint density at radius 3 is 2.79 bits per heavy atom. The second-order valence-corrected chi connectivity index (χ2v) is 4.44. The number of carbonyl (C=O) groups excluding carboxylic acids is 1. The SMILES string of the molecule is COc1ccc(C(O)OC[C@@H]2CC(=O)CCO2)cc1. The van der Waals surface area contributed by atoms with Crippen LogP contribution in [0.4, 0.5) is 0 Å². The summed E-state index contributed by atoms with van der Waals surface area (Å²) in [6.45, 7) is 0.643. The number of Topliss-reactive ketones (excluding diaryl/α,β-unsaturated/α-hetero) is 1. The normalized spacial score (nSPS) is 21.2. The molecule has 1 fully saturated rings. The first kappa shape index (κ1) is 14.0. The Balaban J connectivity index is 1.82. The highest BCUT2D eigenvalue weighted by molar-refractivity contribution is 5.79. The van der Waals surface area contributed by atoms with Crippen LogP contribution in [-0.4, -0.2) is 37.3 Å². The van der Waals surface area contributed by atoms with Crippen LogP contribution in [0.25, 0.3) is 0 Å². The van der Waals surface area contributed by atoms with Crippen LogP contribution in [0.1, 0.15) is 24.7 Å². The van der Waals surface area contributed by atoms with Gasteiger partial charge in [0.1, 0.15) is 11.5 Å². The smallest absolute Gasteiger partial charge is 0.181 e. The fraction of sp³-hybridized carbons (Fsp3) is 0.500. The number of rotatable bonds is 5. The number of hydrogen-bond donors (Lipinski definition) is 1. The highest BCUT2D eigenvalue weighted by Gasteiger charge is 2.21. The minimum Gasteiger partial charge on any atom is -0.497 e. The van der Waals surface area contributed by atoms with E-state index in [1.807, 2.05) is 0 Å². The Hall–Kier alpha value is -1.43. The van der Waals surface area contributed by atoms with E-state index in [9.17, 15) is 9.90 Å². The molecule has 0 amide bonds. The Morgan fingerprint density at radius 2 is 2.16 bits per heavy atom. The largest absolute Gasteiger partial charge is 0.497 e. The van der Waals surface area contributed by atoms with Gasteiger partial charge in [0.15, 0.2) is 6.29 Å². The number of carbonyl (C=O) groups is 1. The molecule has 104 valence electrons. The molecule has 1 unspecified atom stereocenters. The summed E-state index contributed by atoms with van der Waals surface area (Å²) >= 11 is 0. The number of methoxy groups -OCH3 is 1. The fourth-order valence-corrected chi connectivity index (χ4v) is 1.92. The third kappa shape index (κ3) is 4.02. The van der Waals surface area contributed by atoms with E-state index in [0.29, 0.717) is 25.0 Å². The standard InChI is InChI=1S/C14H18O5/c1-17-12-4-2-10(3-5-12)14(16)19-9-13-8-11(15)6-7-18-13/h2-5,13-14,16H,6-9H2,1H3/t13-,14?/m0/s1. The summed E-state index contributed by atoms with van der Waals surface area (Å²) in [7, 11) is 1.58. The fourth-order valence-electron chi connectivity index (χ4n) is 1.92. The quantitative estimate of drug-likeness (QED) is 0.817. The average molecular weight is 266 g/mol. The van der Waals surface area contributed by atoms with Crippen LogP contribution >= 0.6 is 0 Å². The van der Waals surface area contributed by atoms with E-state index in [-0.39, 0.29) is 18.5 Å². The molecule has 0 aliphatic carbocycles. The van der Waals surface area contributed by atoms with Gasteiger partial charge in [-0.25, -0.2) is 0 Å². The lowest BCUT2D eigenvalue weighted by atomic mass is 10.1. The molecule has 1 aliphatic heterocycles. The summed E-state index contributed by atoms with van der Waals surface area (Å²) < 4.78 is 15.8. The maximum Gasteiger partial charge on any atom is 0.181 e. The van der Waals surface area contributed by atoms with Crippen LogP contribution < -0.4 is 4.74 Å². The van der Waals surface area contributed by atoms with Gasteiger partial charge in [-0.3, -0.25) is 4.79 Å². The minimum absolute atomic E-state index is 0.179. The molecule has 0 saturated carbocycles. The molecule has 5 heteroatoms. The van der Waals surface area contributed by atoms with E-state index in [0.717, 1.165) is 5.75 Å². The molecular formula is C14H18O5. The first-order valence-corrected chi connectivity index (χ1v) is 6.26. The summed E-state index contributed by atoms with van der Waals surface area (Å²) in [5.41, 5.74) is 0.642. The van der Waals surface area contributed by atoms with Crippen LogP contribution in [0.5, 0.6) is 5.75 Å². The first-order chi connectivity index (χ1) is 9.19. The van der Waals surface area contributed by atoms with Gasteiger partial charge in [0.25, 0.3) is 0 Å². The third-order valence-corrected chi connectivity index (χ3v) is 3.03. The van der Waals surface area contributed by atoms with Gasteiger partial charge >= 0.3 is 0 Å². The molecule has 1 aromatic carbocycles. The van der Waals surface area contributed by atoms with E-state index in [1.54, 1.807) is 31.4 Å². The Morgan fingerprint density at radius 1 is 1.42 bits per heavy atom. The van der Waals surface area contributed by atoms with Crippen molar-refractivity contribution in [3.05, 3.63) is 29.8 Å². The van der Waals surface area contributed by atoms with Gasteiger partial charge in [0.2, 0.25) is 0 Å². The van der Waals surface area contributed by atoms with E-state index < -0.39 is 6.29 Å². The Kier molecular flexibility index (Phi) is 4.90. The average Bonchev–Trinajstić information content (AvgIpc) is 2.45. The predicted octanol–water partition coefficient (Wildman–Crippen LogP) is 1.45. The molecule has 5 nitrogen and oxygen atoms in total. The van der Waals surface area contributed by atoms with Gasteiger partial charge in [0, 0.05) is 18.4 Å². The zero-order valence-electron chi connectivity index (χ0n) is 10.9. The molecule has 0 bridgehead atoms. The number of aliphatic hydroxyl groups excluding tert-OH is 1. The molecule has 1 N–H and O–H groups in total. The number of ketones is 1. The minimum atomic E-state index is -1.02. The van der Waals surface area contributed by atoms with Crippen LogP contribution in [-0.2, 0) is 14.3 Å². The van der Waals surface area contributed by atoms with E-state index in [2.05, 4.69) is 0 Å². The summed E-state index contributed by atoms with van der Waals surface area (Å²) in [6.07, 6.45) is -0.451. The maximum absolute atomic E-state index is 11.2. The zero-order chi connectivity index (χ0) is 13.7. The van der Waals surface area contributed by atoms with Crippen molar-refractivity contribution in [2.75, 3.05) is 20.3 Å². The molecule has 1 saturated heterocycles. The summed E-state index contributed by atoms with van der Waals surface area (Å²) in [6, 6.07) is 6.97. The monoisotopic (exact) mass is 266 g/mol. The molecule has 1 aromatic rings. The Bertz CT molecular complexity index is 414. The predicted molar refractivity (Wildman–Crippen MR) is 67.9 cm³/mol. The molecule has 2 atom stereocenters. The van der Waals surface area contributed by atoms with Gasteiger partial charge in [-0.15, -0.1) is 0 Å². The molecule has 1 heterocycles. The van der Waals surface area contributed by atoms with Crippen molar-refractivity contribution in [3.63, 3.8) is 0 Å². The zero-order valence-corrected chi connectivity index (χ0v) is 10.9. The second kappa shape index (κ2) is 6.65. The Labute approximate surface area is 112 Å². The lowest BCUT2D eigenvalue weighted by Crippen LogP contribution is -2.30. The van der Waals surface area contributed by atoms with Crippen molar-refractivity contribution in [2.45, 2.75) is 25.2 Å². The van der Waals surface area contributed by atoms with Crippen molar-refractivity contribution >= 4 is 5.78 Å². The maximum atomic E-state index is 11.2. The van der Waals surface area contributed by atoms with Gasteiger partial charge < -0.3 is 19.3 Å². The van der Waals surface area contributed by atoms with Crippen LogP contribution in [0, 0.1) is 0 Å². The highest BCUT2D eigenvalue weighted by atomic mass is 16.6. The number of hydrogen-bond acceptors (Lipinski definition) is 5. The molecule has 2 rings (SSSR count). The van der Waals surface area contributed by atoms with Gasteiger partial charge in [-0.1, -0.05) is 12.1 Å². The lowest BCUT2D eigenvalue weighted by molar-refractivity contribution is -0.151. The summed E-state index contributed by atoms with van der Waals surface area (Å²) in [5.74, 6) is 0.899. The van der Waals surface area contributed by atoms with Crippen LogP contribution in [0.15, 0.2) is 24.3 Å². The topological polar surface area (TPSA) is 65.0 Å². The second-order valence-electron chi connectivity index (χ2n) is 4.44. The van der Waals surface area contributed by atoms with E-state index >= 15 is 0 Å². The van der Waals surface area contributed by atoms with Crippen molar-refractivity contribution in [3.8, 4) is 5.75 Å². The van der Waals surface area contributed by atoms with E-state index in [4.69, 9.17) is 14.2 Å². The summed E-state index contributed by atoms with van der Waals surface area (Å²) in [5, 5.41) is 9.88. The van der Waals surface area contributed by atoms with Crippen LogP contribution in [0.3, 0.4) is 0 Å².